The van der Waals surface area contributed by atoms with Crippen LogP contribution in [-0.2, 0) is 4.74 Å². The number of hydrogen-bond acceptors (Lipinski definition) is 5. The van der Waals surface area contributed by atoms with Crippen LogP contribution in [0.25, 0.3) is 22.6 Å². The van der Waals surface area contributed by atoms with Crippen molar-refractivity contribution in [2.75, 3.05) is 25.6 Å². The van der Waals surface area contributed by atoms with Crippen molar-refractivity contribution in [2.45, 2.75) is 13.8 Å². The normalized spacial score (nSPS) is 10.6. The molecule has 1 heterocycles. The summed E-state index contributed by atoms with van der Waals surface area (Å²) in [5.41, 5.74) is 4.13. The SMILES string of the molecule is CCOC(=O)c1c(C)nc(-c2ccc(N(C)C)cc2)nc1-c1cccc(Cl)c1. The molecule has 0 radical (unpaired) electrons. The number of ether oxygens (including phenoxy) is 1. The van der Waals surface area contributed by atoms with Crippen molar-refractivity contribution < 1.29 is 9.53 Å². The van der Waals surface area contributed by atoms with Crippen LogP contribution < -0.4 is 4.90 Å². The summed E-state index contributed by atoms with van der Waals surface area (Å²) in [5.74, 6) is 0.107. The molecule has 0 aliphatic heterocycles. The standard InChI is InChI=1S/C22H22ClN3O2/c1-5-28-22(27)19-14(2)24-21(15-9-11-18(12-10-15)26(3)4)25-20(19)16-7-6-8-17(23)13-16/h6-13H,5H2,1-4H3. The molecule has 0 aliphatic carbocycles. The van der Waals surface area contributed by atoms with E-state index in [2.05, 4.69) is 4.98 Å². The van der Waals surface area contributed by atoms with Crippen molar-refractivity contribution in [3.63, 3.8) is 0 Å². The molecule has 0 spiro atoms. The summed E-state index contributed by atoms with van der Waals surface area (Å²) in [5, 5.41) is 0.570. The molecule has 5 nitrogen and oxygen atoms in total. The number of esters is 1. The number of carbonyl (C=O) groups excluding carboxylic acids is 1. The molecule has 3 aromatic rings. The Morgan fingerprint density at radius 1 is 1.07 bits per heavy atom. The number of aromatic nitrogens is 2. The number of hydrogen-bond donors (Lipinski definition) is 0. The molecule has 6 heteroatoms. The molecule has 0 atom stereocenters. The van der Waals surface area contributed by atoms with Crippen molar-refractivity contribution in [1.82, 2.24) is 9.97 Å². The van der Waals surface area contributed by atoms with Crippen molar-refractivity contribution in [3.8, 4) is 22.6 Å². The van der Waals surface area contributed by atoms with Crippen LogP contribution in [-0.4, -0.2) is 36.6 Å². The Balaban J connectivity index is 2.17. The summed E-state index contributed by atoms with van der Waals surface area (Å²) in [6, 6.07) is 15.2. The average Bonchev–Trinajstić information content (AvgIpc) is 2.67. The van der Waals surface area contributed by atoms with Crippen LogP contribution in [0.3, 0.4) is 0 Å². The lowest BCUT2D eigenvalue weighted by Crippen LogP contribution is -2.12. The summed E-state index contributed by atoms with van der Waals surface area (Å²) in [7, 11) is 3.97. The van der Waals surface area contributed by atoms with E-state index in [1.165, 1.54) is 0 Å². The molecule has 2 aromatic carbocycles. The summed E-state index contributed by atoms with van der Waals surface area (Å²) in [4.78, 5) is 23.9. The van der Waals surface area contributed by atoms with Crippen LogP contribution >= 0.6 is 11.6 Å². The Morgan fingerprint density at radius 3 is 2.39 bits per heavy atom. The number of rotatable bonds is 5. The minimum atomic E-state index is -0.440. The van der Waals surface area contributed by atoms with Gasteiger partial charge in [0.05, 0.1) is 18.0 Å². The lowest BCUT2D eigenvalue weighted by Gasteiger charge is -2.15. The van der Waals surface area contributed by atoms with Crippen LogP contribution in [0.2, 0.25) is 5.02 Å². The number of halogens is 1. The number of nitrogens with zero attached hydrogens (tertiary/aromatic N) is 3. The summed E-state index contributed by atoms with van der Waals surface area (Å²) < 4.78 is 5.23. The van der Waals surface area contributed by atoms with Gasteiger partial charge in [0.1, 0.15) is 5.56 Å². The van der Waals surface area contributed by atoms with Crippen molar-refractivity contribution in [1.29, 1.82) is 0 Å². The Labute approximate surface area is 170 Å². The second-order valence-corrected chi connectivity index (χ2v) is 6.96. The molecule has 0 aliphatic rings. The average molecular weight is 396 g/mol. The fraction of sp³-hybridized carbons (Fsp3) is 0.227. The molecule has 0 bridgehead atoms. The second-order valence-electron chi connectivity index (χ2n) is 6.53. The molecule has 0 unspecified atom stereocenters. The van der Waals surface area contributed by atoms with Crippen LogP contribution in [0.4, 0.5) is 5.69 Å². The Hall–Kier alpha value is -2.92. The topological polar surface area (TPSA) is 55.3 Å². The van der Waals surface area contributed by atoms with E-state index in [9.17, 15) is 4.79 Å². The van der Waals surface area contributed by atoms with Gasteiger partial charge in [-0.2, -0.15) is 0 Å². The molecule has 28 heavy (non-hydrogen) atoms. The van der Waals surface area contributed by atoms with E-state index in [1.807, 2.05) is 55.4 Å². The Kier molecular flexibility index (Phi) is 5.95. The van der Waals surface area contributed by atoms with E-state index in [0.717, 1.165) is 16.8 Å². The maximum Gasteiger partial charge on any atom is 0.342 e. The monoisotopic (exact) mass is 395 g/mol. The lowest BCUT2D eigenvalue weighted by atomic mass is 10.0. The third kappa shape index (κ3) is 4.15. The predicted octanol–water partition coefficient (Wildman–Crippen LogP) is 5.02. The van der Waals surface area contributed by atoms with Crippen LogP contribution in [0.15, 0.2) is 48.5 Å². The van der Waals surface area contributed by atoms with Gasteiger partial charge in [-0.15, -0.1) is 0 Å². The molecular formula is C22H22ClN3O2. The van der Waals surface area contributed by atoms with Gasteiger partial charge in [0.15, 0.2) is 5.82 Å². The number of anilines is 1. The fourth-order valence-corrected chi connectivity index (χ4v) is 3.09. The highest BCUT2D eigenvalue weighted by atomic mass is 35.5. The van der Waals surface area contributed by atoms with Gasteiger partial charge in [0, 0.05) is 35.9 Å². The molecule has 0 N–H and O–H groups in total. The smallest absolute Gasteiger partial charge is 0.342 e. The molecule has 144 valence electrons. The first kappa shape index (κ1) is 19.8. The Bertz CT molecular complexity index is 1000. The third-order valence-electron chi connectivity index (χ3n) is 4.31. The first-order chi connectivity index (χ1) is 13.4. The first-order valence-corrected chi connectivity index (χ1v) is 9.38. The zero-order chi connectivity index (χ0) is 20.3. The lowest BCUT2D eigenvalue weighted by molar-refractivity contribution is 0.0525. The highest BCUT2D eigenvalue weighted by molar-refractivity contribution is 6.30. The van der Waals surface area contributed by atoms with E-state index >= 15 is 0 Å². The van der Waals surface area contributed by atoms with E-state index in [4.69, 9.17) is 21.3 Å². The predicted molar refractivity (Wildman–Crippen MR) is 113 cm³/mol. The molecular weight excluding hydrogens is 374 g/mol. The van der Waals surface area contributed by atoms with E-state index in [0.29, 0.717) is 27.8 Å². The van der Waals surface area contributed by atoms with Crippen molar-refractivity contribution >= 4 is 23.3 Å². The summed E-state index contributed by atoms with van der Waals surface area (Å²) >= 11 is 6.17. The van der Waals surface area contributed by atoms with Crippen molar-refractivity contribution in [3.05, 3.63) is 64.8 Å². The summed E-state index contributed by atoms with van der Waals surface area (Å²) in [6.07, 6.45) is 0. The minimum absolute atomic E-state index is 0.279. The van der Waals surface area contributed by atoms with Crippen LogP contribution in [0.1, 0.15) is 23.0 Å². The van der Waals surface area contributed by atoms with Gasteiger partial charge < -0.3 is 9.64 Å². The van der Waals surface area contributed by atoms with Gasteiger partial charge in [-0.3, -0.25) is 0 Å². The van der Waals surface area contributed by atoms with E-state index in [-0.39, 0.29) is 6.61 Å². The zero-order valence-corrected chi connectivity index (χ0v) is 17.1. The molecule has 0 fully saturated rings. The molecule has 1 aromatic heterocycles. The maximum absolute atomic E-state index is 12.6. The van der Waals surface area contributed by atoms with Crippen LogP contribution in [0, 0.1) is 6.92 Å². The van der Waals surface area contributed by atoms with Crippen LogP contribution in [0.5, 0.6) is 0 Å². The maximum atomic E-state index is 12.6. The first-order valence-electron chi connectivity index (χ1n) is 9.00. The van der Waals surface area contributed by atoms with Gasteiger partial charge in [0.25, 0.3) is 0 Å². The molecule has 0 amide bonds. The van der Waals surface area contributed by atoms with Gasteiger partial charge in [0.2, 0.25) is 0 Å². The largest absolute Gasteiger partial charge is 0.462 e. The van der Waals surface area contributed by atoms with Gasteiger partial charge in [-0.05, 0) is 50.2 Å². The highest BCUT2D eigenvalue weighted by Crippen LogP contribution is 2.29. The third-order valence-corrected chi connectivity index (χ3v) is 4.54. The second kappa shape index (κ2) is 8.40. The number of carbonyl (C=O) groups is 1. The molecule has 3 rings (SSSR count). The fourth-order valence-electron chi connectivity index (χ4n) is 2.90. The van der Waals surface area contributed by atoms with E-state index in [1.54, 1.807) is 26.0 Å². The Morgan fingerprint density at radius 2 is 1.79 bits per heavy atom. The van der Waals surface area contributed by atoms with Gasteiger partial charge >= 0.3 is 5.97 Å². The number of benzene rings is 2. The summed E-state index contributed by atoms with van der Waals surface area (Å²) in [6.45, 7) is 3.84. The molecule has 0 saturated carbocycles. The number of aryl methyl sites for hydroxylation is 1. The van der Waals surface area contributed by atoms with Gasteiger partial charge in [-0.25, -0.2) is 14.8 Å². The van der Waals surface area contributed by atoms with Gasteiger partial charge in [-0.1, -0.05) is 23.7 Å². The quantitative estimate of drug-likeness (QED) is 0.568. The van der Waals surface area contributed by atoms with Crippen molar-refractivity contribution in [2.24, 2.45) is 0 Å². The minimum Gasteiger partial charge on any atom is -0.462 e. The van der Waals surface area contributed by atoms with E-state index < -0.39 is 5.97 Å². The zero-order valence-electron chi connectivity index (χ0n) is 16.4. The molecule has 0 saturated heterocycles. The highest BCUT2D eigenvalue weighted by Gasteiger charge is 2.21.